The molecular weight excluding hydrogens is 462 g/mol. The molecule has 8 heteroatoms. The van der Waals surface area contributed by atoms with Crippen LogP contribution in [-0.4, -0.2) is 30.4 Å². The Labute approximate surface area is 204 Å². The number of nitrogens with zero attached hydrogens (tertiary/aromatic N) is 2. The number of pyridine rings is 2. The lowest BCUT2D eigenvalue weighted by molar-refractivity contribution is -0.121. The van der Waals surface area contributed by atoms with Gasteiger partial charge in [0.2, 0.25) is 21.2 Å². The molecule has 35 heavy (non-hydrogen) atoms. The van der Waals surface area contributed by atoms with Crippen molar-refractivity contribution in [1.82, 2.24) is 14.9 Å². The van der Waals surface area contributed by atoms with Gasteiger partial charge in [0.15, 0.2) is 0 Å². The fourth-order valence-electron chi connectivity index (χ4n) is 3.87. The van der Waals surface area contributed by atoms with Crippen LogP contribution in [-0.2, 0) is 27.6 Å². The van der Waals surface area contributed by atoms with Gasteiger partial charge in [0.25, 0.3) is 0 Å². The Balaban J connectivity index is 1.62. The highest BCUT2D eigenvalue weighted by atomic mass is 32.2. The van der Waals surface area contributed by atoms with Crippen molar-refractivity contribution in [3.63, 3.8) is 0 Å². The Bertz CT molecular complexity index is 1530. The van der Waals surface area contributed by atoms with E-state index in [4.69, 9.17) is 0 Å². The van der Waals surface area contributed by atoms with Gasteiger partial charge in [-0.1, -0.05) is 48.0 Å². The van der Waals surface area contributed by atoms with E-state index in [-0.39, 0.29) is 33.3 Å². The molecule has 0 fully saturated rings. The molecule has 0 saturated carbocycles. The van der Waals surface area contributed by atoms with Gasteiger partial charge in [0, 0.05) is 18.4 Å². The van der Waals surface area contributed by atoms with Crippen molar-refractivity contribution in [2.75, 3.05) is 6.54 Å². The maximum atomic E-state index is 13.3. The third-order valence-electron chi connectivity index (χ3n) is 5.77. The first-order valence-electron chi connectivity index (χ1n) is 11.4. The Morgan fingerprint density at radius 3 is 2.40 bits per heavy atom. The maximum Gasteiger partial charge on any atom is 0.239 e. The van der Waals surface area contributed by atoms with Crippen LogP contribution in [0.4, 0.5) is 0 Å². The fraction of sp³-hybridized carbons (Fsp3) is 0.222. The summed E-state index contributed by atoms with van der Waals surface area (Å²) in [5.74, 6) is -0.287. The maximum absolute atomic E-state index is 13.3. The molecule has 180 valence electrons. The highest BCUT2D eigenvalue weighted by Gasteiger charge is 2.24. The monoisotopic (exact) mass is 489 g/mol. The van der Waals surface area contributed by atoms with Crippen molar-refractivity contribution >= 4 is 26.8 Å². The van der Waals surface area contributed by atoms with Gasteiger partial charge < -0.3 is 9.88 Å². The molecular formula is C27H27N3O4S. The van der Waals surface area contributed by atoms with E-state index in [1.54, 1.807) is 31.2 Å². The second kappa shape index (κ2) is 10.2. The molecule has 0 saturated heterocycles. The van der Waals surface area contributed by atoms with Gasteiger partial charge in [-0.3, -0.25) is 9.59 Å². The summed E-state index contributed by atoms with van der Waals surface area (Å²) >= 11 is 0. The minimum absolute atomic E-state index is 0.0246. The van der Waals surface area contributed by atoms with Gasteiger partial charge in [0.05, 0.1) is 10.3 Å². The zero-order valence-corrected chi connectivity index (χ0v) is 20.5. The summed E-state index contributed by atoms with van der Waals surface area (Å²) in [6.45, 7) is 3.95. The second-order valence-electron chi connectivity index (χ2n) is 8.53. The lowest BCUT2D eigenvalue weighted by atomic mass is 10.1. The van der Waals surface area contributed by atoms with Crippen molar-refractivity contribution < 1.29 is 13.2 Å². The normalized spacial score (nSPS) is 11.5. The van der Waals surface area contributed by atoms with E-state index in [0.717, 1.165) is 18.4 Å². The smallest absolute Gasteiger partial charge is 0.239 e. The molecule has 0 aliphatic heterocycles. The Morgan fingerprint density at radius 2 is 1.69 bits per heavy atom. The lowest BCUT2D eigenvalue weighted by Crippen LogP contribution is -2.30. The first kappa shape index (κ1) is 24.3. The summed E-state index contributed by atoms with van der Waals surface area (Å²) in [6.07, 6.45) is 2.84. The molecule has 2 aromatic carbocycles. The quantitative estimate of drug-likeness (QED) is 0.382. The molecule has 0 aliphatic rings. The molecule has 0 aliphatic carbocycles. The van der Waals surface area contributed by atoms with Gasteiger partial charge in [-0.05, 0) is 56.5 Å². The van der Waals surface area contributed by atoms with Crippen molar-refractivity contribution in [2.24, 2.45) is 0 Å². The molecule has 0 unspecified atom stereocenters. The zero-order valence-electron chi connectivity index (χ0n) is 19.7. The zero-order chi connectivity index (χ0) is 25.0. The van der Waals surface area contributed by atoms with Crippen LogP contribution in [0, 0.1) is 13.8 Å². The van der Waals surface area contributed by atoms with Gasteiger partial charge >= 0.3 is 0 Å². The minimum atomic E-state index is -4.09. The summed E-state index contributed by atoms with van der Waals surface area (Å²) in [5, 5.41) is 3.03. The number of benzene rings is 2. The van der Waals surface area contributed by atoms with Crippen LogP contribution in [0.5, 0.6) is 0 Å². The number of rotatable bonds is 8. The van der Waals surface area contributed by atoms with E-state index in [9.17, 15) is 18.0 Å². The molecule has 4 aromatic rings. The lowest BCUT2D eigenvalue weighted by Gasteiger charge is -2.14. The Kier molecular flexibility index (Phi) is 7.12. The van der Waals surface area contributed by atoms with Crippen LogP contribution >= 0.6 is 0 Å². The van der Waals surface area contributed by atoms with Crippen molar-refractivity contribution in [3.8, 4) is 0 Å². The Hall–Kier alpha value is -3.78. The van der Waals surface area contributed by atoms with E-state index in [1.807, 2.05) is 37.3 Å². The Morgan fingerprint density at radius 1 is 0.971 bits per heavy atom. The van der Waals surface area contributed by atoms with Crippen LogP contribution in [0.3, 0.4) is 0 Å². The molecule has 1 amide bonds. The highest BCUT2D eigenvalue weighted by Crippen LogP contribution is 2.21. The molecule has 2 heterocycles. The largest absolute Gasteiger partial charge is 0.355 e. The van der Waals surface area contributed by atoms with Crippen LogP contribution < -0.4 is 10.7 Å². The average Bonchev–Trinajstić information content (AvgIpc) is 2.84. The van der Waals surface area contributed by atoms with E-state index < -0.39 is 15.3 Å². The average molecular weight is 490 g/mol. The van der Waals surface area contributed by atoms with Gasteiger partial charge in [0.1, 0.15) is 17.1 Å². The second-order valence-corrected chi connectivity index (χ2v) is 10.4. The third kappa shape index (κ3) is 5.49. The number of hydrogen-bond acceptors (Lipinski definition) is 5. The van der Waals surface area contributed by atoms with E-state index in [0.29, 0.717) is 12.2 Å². The molecule has 2 aromatic heterocycles. The van der Waals surface area contributed by atoms with Crippen molar-refractivity contribution in [3.05, 3.63) is 100.0 Å². The van der Waals surface area contributed by atoms with E-state index in [1.165, 1.54) is 28.5 Å². The first-order valence-corrected chi connectivity index (χ1v) is 12.9. The predicted octanol–water partition coefficient (Wildman–Crippen LogP) is 3.60. The molecule has 0 atom stereocenters. The SMILES string of the molecule is Cc1ccc(S(=O)(=O)c2cn(CC(=O)NCCCc3ccccc3)c3nc(C)ccc3c2=O)cc1. The standard InChI is InChI=1S/C27H27N3O4S/c1-19-10-13-22(14-11-19)35(33,34)24-17-30(27-23(26(24)32)15-12-20(2)29-27)18-25(31)28-16-6-9-21-7-4-3-5-8-21/h3-5,7-8,10-15,17H,6,9,16,18H2,1-2H3,(H,28,31). The third-order valence-corrected chi connectivity index (χ3v) is 7.53. The molecule has 0 radical (unpaired) electrons. The molecule has 0 spiro atoms. The number of hydrogen-bond donors (Lipinski definition) is 1. The summed E-state index contributed by atoms with van der Waals surface area (Å²) in [5.41, 5.74) is 2.40. The number of carbonyl (C=O) groups excluding carboxylic acids is 1. The number of aryl methyl sites for hydroxylation is 3. The van der Waals surface area contributed by atoms with E-state index in [2.05, 4.69) is 10.3 Å². The predicted molar refractivity (Wildman–Crippen MR) is 135 cm³/mol. The summed E-state index contributed by atoms with van der Waals surface area (Å²) in [4.78, 5) is 30.0. The highest BCUT2D eigenvalue weighted by molar-refractivity contribution is 7.91. The molecule has 1 N–H and O–H groups in total. The summed E-state index contributed by atoms with van der Waals surface area (Å²) in [6, 6.07) is 19.5. The summed E-state index contributed by atoms with van der Waals surface area (Å²) in [7, 11) is -4.09. The van der Waals surface area contributed by atoms with Crippen LogP contribution in [0.15, 0.2) is 87.5 Å². The molecule has 0 bridgehead atoms. The van der Waals surface area contributed by atoms with Gasteiger partial charge in [-0.2, -0.15) is 0 Å². The first-order chi connectivity index (χ1) is 16.8. The van der Waals surface area contributed by atoms with Crippen LogP contribution in [0.1, 0.15) is 23.2 Å². The fourth-order valence-corrected chi connectivity index (χ4v) is 5.23. The van der Waals surface area contributed by atoms with Crippen molar-refractivity contribution in [1.29, 1.82) is 0 Å². The number of aromatic nitrogens is 2. The van der Waals surface area contributed by atoms with Gasteiger partial charge in [-0.25, -0.2) is 13.4 Å². The van der Waals surface area contributed by atoms with Gasteiger partial charge in [-0.15, -0.1) is 0 Å². The van der Waals surface area contributed by atoms with Crippen LogP contribution in [0.25, 0.3) is 11.0 Å². The topological polar surface area (TPSA) is 98.1 Å². The number of nitrogens with one attached hydrogen (secondary N) is 1. The minimum Gasteiger partial charge on any atom is -0.355 e. The number of amides is 1. The van der Waals surface area contributed by atoms with Crippen LogP contribution in [0.2, 0.25) is 0 Å². The number of fused-ring (bicyclic) bond motifs is 1. The van der Waals surface area contributed by atoms with E-state index >= 15 is 0 Å². The molecule has 7 nitrogen and oxygen atoms in total. The van der Waals surface area contributed by atoms with Crippen molar-refractivity contribution in [2.45, 2.75) is 43.0 Å². The number of carbonyl (C=O) groups is 1. The number of sulfone groups is 1. The summed E-state index contributed by atoms with van der Waals surface area (Å²) < 4.78 is 28.1. The molecule has 4 rings (SSSR count).